The zero-order valence-corrected chi connectivity index (χ0v) is 13.7. The predicted molar refractivity (Wildman–Crippen MR) is 86.0 cm³/mol. The second-order valence-electron chi connectivity index (χ2n) is 7.62. The number of carbonyl (C=O) groups is 1. The molecule has 2 heterocycles. The van der Waals surface area contributed by atoms with Crippen LogP contribution in [0.3, 0.4) is 0 Å². The van der Waals surface area contributed by atoms with Crippen LogP contribution in [-0.4, -0.2) is 34.9 Å². The molecule has 118 valence electrons. The van der Waals surface area contributed by atoms with E-state index in [0.717, 1.165) is 25.7 Å². The summed E-state index contributed by atoms with van der Waals surface area (Å²) in [4.78, 5) is 14.6. The molecule has 22 heavy (non-hydrogen) atoms. The third-order valence-electron chi connectivity index (χ3n) is 6.98. The molecule has 0 amide bonds. The van der Waals surface area contributed by atoms with Crippen LogP contribution in [0.15, 0.2) is 18.2 Å². The molecule has 2 aliphatic heterocycles. The van der Waals surface area contributed by atoms with Gasteiger partial charge in [0.25, 0.3) is 0 Å². The molecule has 5 rings (SSSR count). The summed E-state index contributed by atoms with van der Waals surface area (Å²) in [5, 5.41) is 9.99. The number of ketones is 1. The maximum Gasteiger partial charge on any atom is 0.134 e. The average molecular weight is 299 g/mol. The van der Waals surface area contributed by atoms with Crippen LogP contribution >= 0.6 is 0 Å². The SMILES string of the molecule is CC[C@]12CC3C(C(C)=O)CC1C(Cc1ccc(O)cc12)N3C. The molecule has 2 saturated heterocycles. The fourth-order valence-electron chi connectivity index (χ4n) is 5.87. The molecular formula is C19H25NO2. The maximum absolute atomic E-state index is 12.1. The van der Waals surface area contributed by atoms with E-state index in [4.69, 9.17) is 0 Å². The van der Waals surface area contributed by atoms with E-state index in [1.165, 1.54) is 11.1 Å². The van der Waals surface area contributed by atoms with E-state index < -0.39 is 0 Å². The molecule has 0 aromatic heterocycles. The van der Waals surface area contributed by atoms with Crippen molar-refractivity contribution in [1.29, 1.82) is 0 Å². The highest BCUT2D eigenvalue weighted by atomic mass is 16.3. The van der Waals surface area contributed by atoms with Crippen molar-refractivity contribution in [3.05, 3.63) is 29.3 Å². The number of fused-ring (bicyclic) bond motifs is 2. The highest BCUT2D eigenvalue weighted by molar-refractivity contribution is 5.79. The molecule has 0 radical (unpaired) electrons. The number of benzene rings is 1. The van der Waals surface area contributed by atoms with E-state index in [-0.39, 0.29) is 11.3 Å². The van der Waals surface area contributed by atoms with Gasteiger partial charge in [0, 0.05) is 23.4 Å². The zero-order valence-electron chi connectivity index (χ0n) is 13.7. The van der Waals surface area contributed by atoms with Crippen LogP contribution in [0.2, 0.25) is 0 Å². The van der Waals surface area contributed by atoms with Crippen molar-refractivity contribution in [2.24, 2.45) is 11.8 Å². The van der Waals surface area contributed by atoms with Crippen molar-refractivity contribution in [3.8, 4) is 5.75 Å². The largest absolute Gasteiger partial charge is 0.508 e. The maximum atomic E-state index is 12.1. The van der Waals surface area contributed by atoms with Gasteiger partial charge in [-0.3, -0.25) is 9.69 Å². The number of hydrogen-bond acceptors (Lipinski definition) is 3. The molecule has 3 fully saturated rings. The quantitative estimate of drug-likeness (QED) is 0.913. The van der Waals surface area contributed by atoms with Gasteiger partial charge in [0.15, 0.2) is 0 Å². The van der Waals surface area contributed by atoms with E-state index in [1.54, 1.807) is 6.92 Å². The Morgan fingerprint density at radius 2 is 2.18 bits per heavy atom. The lowest BCUT2D eigenvalue weighted by molar-refractivity contribution is -0.139. The predicted octanol–water partition coefficient (Wildman–Crippen LogP) is 2.89. The third kappa shape index (κ3) is 1.63. The fraction of sp³-hybridized carbons (Fsp3) is 0.632. The number of likely N-dealkylation sites (N-methyl/N-ethyl adjacent to an activating group) is 1. The molecule has 1 saturated carbocycles. The number of nitrogens with zero attached hydrogens (tertiary/aromatic N) is 1. The lowest BCUT2D eigenvalue weighted by Gasteiger charge is -2.65. The summed E-state index contributed by atoms with van der Waals surface area (Å²) in [5.74, 6) is 1.46. The first kappa shape index (κ1) is 14.3. The molecular weight excluding hydrogens is 274 g/mol. The monoisotopic (exact) mass is 299 g/mol. The molecule has 5 atom stereocenters. The van der Waals surface area contributed by atoms with Crippen LogP contribution in [0, 0.1) is 11.8 Å². The second-order valence-corrected chi connectivity index (χ2v) is 7.62. The van der Waals surface area contributed by atoms with Crippen LogP contribution in [0.25, 0.3) is 0 Å². The van der Waals surface area contributed by atoms with Crippen LogP contribution in [0.1, 0.15) is 44.2 Å². The molecule has 4 bridgehead atoms. The normalized spacial score (nSPS) is 39.6. The van der Waals surface area contributed by atoms with Crippen molar-refractivity contribution < 1.29 is 9.90 Å². The topological polar surface area (TPSA) is 40.5 Å². The van der Waals surface area contributed by atoms with Gasteiger partial charge in [-0.2, -0.15) is 0 Å². The smallest absolute Gasteiger partial charge is 0.134 e. The van der Waals surface area contributed by atoms with Gasteiger partial charge in [-0.05, 0) is 68.8 Å². The Kier molecular flexibility index (Phi) is 2.96. The number of hydrogen-bond donors (Lipinski definition) is 1. The lowest BCUT2D eigenvalue weighted by Crippen LogP contribution is -2.69. The molecule has 3 nitrogen and oxygen atoms in total. The van der Waals surface area contributed by atoms with Crippen LogP contribution in [-0.2, 0) is 16.6 Å². The number of phenols is 1. The van der Waals surface area contributed by atoms with Gasteiger partial charge in [-0.1, -0.05) is 13.0 Å². The molecule has 0 spiro atoms. The number of Topliss-reactive ketones (excluding diaryl/α,β-unsaturated/α-hetero) is 1. The van der Waals surface area contributed by atoms with E-state index in [0.29, 0.717) is 29.5 Å². The van der Waals surface area contributed by atoms with Gasteiger partial charge >= 0.3 is 0 Å². The fourth-order valence-corrected chi connectivity index (χ4v) is 5.87. The summed E-state index contributed by atoms with van der Waals surface area (Å²) < 4.78 is 0. The summed E-state index contributed by atoms with van der Waals surface area (Å²) in [6.45, 7) is 4.03. The molecule has 4 unspecified atom stereocenters. The van der Waals surface area contributed by atoms with Crippen LogP contribution in [0.4, 0.5) is 0 Å². The van der Waals surface area contributed by atoms with Gasteiger partial charge in [0.2, 0.25) is 0 Å². The van der Waals surface area contributed by atoms with E-state index in [9.17, 15) is 9.90 Å². The third-order valence-corrected chi connectivity index (χ3v) is 6.98. The number of rotatable bonds is 2. The summed E-state index contributed by atoms with van der Waals surface area (Å²) in [6, 6.07) is 6.84. The van der Waals surface area contributed by atoms with Gasteiger partial charge in [0.05, 0.1) is 0 Å². The standard InChI is InChI=1S/C19H25NO2/c1-4-19-10-18-14(11(2)21)9-16(19)17(20(18)3)7-12-5-6-13(22)8-15(12)19/h5-6,8,14,16-18,22H,4,7,9-10H2,1-3H3/t14?,16?,17?,18?,19-/m1/s1. The van der Waals surface area contributed by atoms with Crippen LogP contribution in [0.5, 0.6) is 5.75 Å². The van der Waals surface area contributed by atoms with Gasteiger partial charge in [0.1, 0.15) is 11.5 Å². The lowest BCUT2D eigenvalue weighted by atomic mass is 9.48. The van der Waals surface area contributed by atoms with Crippen molar-refractivity contribution in [1.82, 2.24) is 4.90 Å². The zero-order chi connectivity index (χ0) is 15.6. The minimum atomic E-state index is 0.153. The molecule has 1 aromatic rings. The Hall–Kier alpha value is -1.35. The summed E-state index contributed by atoms with van der Waals surface area (Å²) in [7, 11) is 2.21. The number of piperidine rings is 2. The van der Waals surface area contributed by atoms with Crippen molar-refractivity contribution in [3.63, 3.8) is 0 Å². The first-order valence-corrected chi connectivity index (χ1v) is 8.52. The summed E-state index contributed by atoms with van der Waals surface area (Å²) in [5.41, 5.74) is 2.91. The molecule has 1 N–H and O–H groups in total. The second kappa shape index (κ2) is 4.58. The minimum Gasteiger partial charge on any atom is -0.508 e. The van der Waals surface area contributed by atoms with Gasteiger partial charge < -0.3 is 5.11 Å². The average Bonchev–Trinajstić information content (AvgIpc) is 2.51. The minimum absolute atomic E-state index is 0.153. The Morgan fingerprint density at radius 1 is 1.41 bits per heavy atom. The number of aromatic hydroxyl groups is 1. The van der Waals surface area contributed by atoms with E-state index >= 15 is 0 Å². The Labute approximate surface area is 132 Å². The van der Waals surface area contributed by atoms with E-state index in [1.807, 2.05) is 12.1 Å². The summed E-state index contributed by atoms with van der Waals surface area (Å²) in [6.07, 6.45) is 4.24. The Balaban J connectivity index is 1.87. The first-order chi connectivity index (χ1) is 10.5. The summed E-state index contributed by atoms with van der Waals surface area (Å²) >= 11 is 0. The van der Waals surface area contributed by atoms with Gasteiger partial charge in [-0.15, -0.1) is 0 Å². The molecule has 1 aromatic carbocycles. The van der Waals surface area contributed by atoms with Crippen molar-refractivity contribution in [2.45, 2.75) is 57.0 Å². The molecule has 2 aliphatic carbocycles. The highest BCUT2D eigenvalue weighted by Crippen LogP contribution is 2.59. The van der Waals surface area contributed by atoms with Crippen molar-refractivity contribution in [2.75, 3.05) is 7.05 Å². The molecule has 3 heteroatoms. The number of carbonyl (C=O) groups excluding carboxylic acids is 1. The number of phenolic OH excluding ortho intramolecular Hbond substituents is 1. The van der Waals surface area contributed by atoms with E-state index in [2.05, 4.69) is 24.9 Å². The Bertz CT molecular complexity index is 640. The van der Waals surface area contributed by atoms with Crippen molar-refractivity contribution >= 4 is 5.78 Å². The van der Waals surface area contributed by atoms with Crippen LogP contribution < -0.4 is 0 Å². The van der Waals surface area contributed by atoms with Gasteiger partial charge in [-0.25, -0.2) is 0 Å². The first-order valence-electron chi connectivity index (χ1n) is 8.52. The Morgan fingerprint density at radius 3 is 2.86 bits per heavy atom. The molecule has 4 aliphatic rings. The highest BCUT2D eigenvalue weighted by Gasteiger charge is 2.60.